The third kappa shape index (κ3) is 4.12. The number of ether oxygens (including phenoxy) is 2. The number of morpholine rings is 1. The molecule has 2 atom stereocenters. The van der Waals surface area contributed by atoms with Crippen LogP contribution in [0, 0.1) is 6.92 Å². The highest BCUT2D eigenvalue weighted by atomic mass is 35.5. The van der Waals surface area contributed by atoms with E-state index in [1.807, 2.05) is 19.9 Å². The van der Waals surface area contributed by atoms with Crippen molar-refractivity contribution in [2.75, 3.05) is 32.1 Å². The van der Waals surface area contributed by atoms with Gasteiger partial charge < -0.3 is 14.8 Å². The van der Waals surface area contributed by atoms with Gasteiger partial charge in [-0.1, -0.05) is 11.6 Å². The molecular formula is C16H23ClN2O3. The van der Waals surface area contributed by atoms with Crippen molar-refractivity contribution in [1.82, 2.24) is 4.90 Å². The number of anilines is 1. The van der Waals surface area contributed by atoms with Crippen LogP contribution in [0.5, 0.6) is 5.75 Å². The van der Waals surface area contributed by atoms with Gasteiger partial charge >= 0.3 is 0 Å². The normalized spacial score (nSPS) is 22.4. The van der Waals surface area contributed by atoms with Crippen LogP contribution in [0.1, 0.15) is 19.4 Å². The van der Waals surface area contributed by atoms with Crippen LogP contribution in [0.4, 0.5) is 5.69 Å². The highest BCUT2D eigenvalue weighted by Gasteiger charge is 2.25. The number of amides is 1. The lowest BCUT2D eigenvalue weighted by Gasteiger charge is -2.36. The topological polar surface area (TPSA) is 50.8 Å². The molecule has 1 amide bonds. The quantitative estimate of drug-likeness (QED) is 0.924. The van der Waals surface area contributed by atoms with E-state index < -0.39 is 0 Å². The van der Waals surface area contributed by atoms with Crippen LogP contribution in [0.25, 0.3) is 0 Å². The maximum Gasteiger partial charge on any atom is 0.238 e. The van der Waals surface area contributed by atoms with E-state index >= 15 is 0 Å². The molecule has 0 bridgehead atoms. The lowest BCUT2D eigenvalue weighted by atomic mass is 10.2. The molecule has 1 aliphatic heterocycles. The first-order chi connectivity index (χ1) is 10.4. The van der Waals surface area contributed by atoms with Crippen molar-refractivity contribution >= 4 is 23.2 Å². The highest BCUT2D eigenvalue weighted by Crippen LogP contribution is 2.30. The summed E-state index contributed by atoms with van der Waals surface area (Å²) in [6, 6.07) is 3.77. The largest absolute Gasteiger partial charge is 0.495 e. The van der Waals surface area contributed by atoms with Gasteiger partial charge in [0.25, 0.3) is 0 Å². The molecule has 1 N–H and O–H groups in total. The standard InChI is InChI=1S/C16H23ClN2O3/c1-10-5-14(15(21-4)6-13(10)17)18-16(20)8-19-7-12(3)22-9-11(19)2/h5-6,11-12H,7-9H2,1-4H3,(H,18,20). The van der Waals surface area contributed by atoms with Gasteiger partial charge in [0, 0.05) is 23.7 Å². The number of carbonyl (C=O) groups excluding carboxylic acids is 1. The Morgan fingerprint density at radius 3 is 2.91 bits per heavy atom. The molecule has 1 saturated heterocycles. The molecule has 5 nitrogen and oxygen atoms in total. The molecule has 1 heterocycles. The van der Waals surface area contributed by atoms with Gasteiger partial charge in [0.15, 0.2) is 0 Å². The molecule has 1 aliphatic rings. The number of nitrogens with one attached hydrogen (secondary N) is 1. The minimum absolute atomic E-state index is 0.0685. The zero-order valence-corrected chi connectivity index (χ0v) is 14.2. The third-order valence-electron chi connectivity index (χ3n) is 3.84. The Morgan fingerprint density at radius 2 is 2.23 bits per heavy atom. The zero-order valence-electron chi connectivity index (χ0n) is 13.5. The summed E-state index contributed by atoms with van der Waals surface area (Å²) in [4.78, 5) is 14.4. The second kappa shape index (κ2) is 7.31. The summed E-state index contributed by atoms with van der Waals surface area (Å²) in [7, 11) is 1.56. The van der Waals surface area contributed by atoms with Gasteiger partial charge in [0.1, 0.15) is 5.75 Å². The van der Waals surface area contributed by atoms with Gasteiger partial charge in [-0.05, 0) is 32.4 Å². The first-order valence-electron chi connectivity index (χ1n) is 7.40. The lowest BCUT2D eigenvalue weighted by Crippen LogP contribution is -2.50. The summed E-state index contributed by atoms with van der Waals surface area (Å²) in [5.74, 6) is 0.494. The number of methoxy groups -OCH3 is 1. The zero-order chi connectivity index (χ0) is 16.3. The Labute approximate surface area is 136 Å². The number of hydrogen-bond acceptors (Lipinski definition) is 4. The Morgan fingerprint density at radius 1 is 1.50 bits per heavy atom. The van der Waals surface area contributed by atoms with Crippen LogP contribution in [0.2, 0.25) is 5.02 Å². The monoisotopic (exact) mass is 326 g/mol. The fraction of sp³-hybridized carbons (Fsp3) is 0.562. The van der Waals surface area contributed by atoms with E-state index in [0.29, 0.717) is 29.6 Å². The van der Waals surface area contributed by atoms with Crippen LogP contribution < -0.4 is 10.1 Å². The number of rotatable bonds is 4. The molecule has 0 spiro atoms. The smallest absolute Gasteiger partial charge is 0.238 e. The van der Waals surface area contributed by atoms with Gasteiger partial charge in [0.05, 0.1) is 32.1 Å². The predicted octanol–water partition coefficient (Wildman–Crippen LogP) is 2.70. The molecule has 0 radical (unpaired) electrons. The van der Waals surface area contributed by atoms with Gasteiger partial charge in [-0.15, -0.1) is 0 Å². The van der Waals surface area contributed by atoms with E-state index in [4.69, 9.17) is 21.1 Å². The van der Waals surface area contributed by atoms with Gasteiger partial charge in [-0.25, -0.2) is 0 Å². The van der Waals surface area contributed by atoms with Crippen LogP contribution in [0.3, 0.4) is 0 Å². The van der Waals surface area contributed by atoms with Crippen molar-refractivity contribution < 1.29 is 14.3 Å². The lowest BCUT2D eigenvalue weighted by molar-refractivity contribution is -0.121. The Kier molecular flexibility index (Phi) is 5.67. The molecule has 0 aromatic heterocycles. The first-order valence-corrected chi connectivity index (χ1v) is 7.78. The molecule has 122 valence electrons. The Balaban J connectivity index is 2.04. The number of carbonyl (C=O) groups is 1. The van der Waals surface area contributed by atoms with E-state index in [9.17, 15) is 4.79 Å². The van der Waals surface area contributed by atoms with Crippen LogP contribution in [0.15, 0.2) is 12.1 Å². The summed E-state index contributed by atoms with van der Waals surface area (Å²) >= 11 is 6.08. The maximum atomic E-state index is 12.3. The fourth-order valence-electron chi connectivity index (χ4n) is 2.50. The molecule has 1 aromatic carbocycles. The van der Waals surface area contributed by atoms with Crippen molar-refractivity contribution in [3.63, 3.8) is 0 Å². The van der Waals surface area contributed by atoms with Crippen molar-refractivity contribution in [2.24, 2.45) is 0 Å². The third-order valence-corrected chi connectivity index (χ3v) is 4.25. The van der Waals surface area contributed by atoms with Crippen LogP contribution in [-0.4, -0.2) is 49.8 Å². The number of aryl methyl sites for hydroxylation is 1. The minimum Gasteiger partial charge on any atom is -0.495 e. The molecule has 1 fully saturated rings. The molecule has 0 saturated carbocycles. The molecular weight excluding hydrogens is 304 g/mol. The van der Waals surface area contributed by atoms with Gasteiger partial charge in [-0.2, -0.15) is 0 Å². The first kappa shape index (κ1) is 17.1. The van der Waals surface area contributed by atoms with E-state index in [2.05, 4.69) is 17.1 Å². The number of nitrogens with zero attached hydrogens (tertiary/aromatic N) is 1. The fourth-order valence-corrected chi connectivity index (χ4v) is 2.65. The number of halogens is 1. The summed E-state index contributed by atoms with van der Waals surface area (Å²) in [5, 5.41) is 3.52. The Hall–Kier alpha value is -1.30. The van der Waals surface area contributed by atoms with Crippen molar-refractivity contribution in [3.05, 3.63) is 22.7 Å². The van der Waals surface area contributed by atoms with E-state index in [1.54, 1.807) is 13.2 Å². The molecule has 22 heavy (non-hydrogen) atoms. The van der Waals surface area contributed by atoms with Gasteiger partial charge in [-0.3, -0.25) is 9.69 Å². The summed E-state index contributed by atoms with van der Waals surface area (Å²) in [5.41, 5.74) is 1.54. The molecule has 2 unspecified atom stereocenters. The second-order valence-electron chi connectivity index (χ2n) is 5.77. The molecule has 6 heteroatoms. The average Bonchev–Trinajstić information content (AvgIpc) is 2.46. The predicted molar refractivity (Wildman–Crippen MR) is 87.8 cm³/mol. The van der Waals surface area contributed by atoms with E-state index in [0.717, 1.165) is 12.1 Å². The van der Waals surface area contributed by atoms with Crippen molar-refractivity contribution in [3.8, 4) is 5.75 Å². The summed E-state index contributed by atoms with van der Waals surface area (Å²) in [6.07, 6.45) is 0.149. The number of hydrogen-bond donors (Lipinski definition) is 1. The van der Waals surface area contributed by atoms with E-state index in [-0.39, 0.29) is 18.1 Å². The summed E-state index contributed by atoms with van der Waals surface area (Å²) in [6.45, 7) is 7.71. The van der Waals surface area contributed by atoms with Gasteiger partial charge in [0.2, 0.25) is 5.91 Å². The average molecular weight is 327 g/mol. The minimum atomic E-state index is -0.0685. The maximum absolute atomic E-state index is 12.3. The molecule has 2 rings (SSSR count). The Bertz CT molecular complexity index is 550. The highest BCUT2D eigenvalue weighted by molar-refractivity contribution is 6.31. The SMILES string of the molecule is COc1cc(Cl)c(C)cc1NC(=O)CN1CC(C)OCC1C. The van der Waals surface area contributed by atoms with Crippen molar-refractivity contribution in [2.45, 2.75) is 32.9 Å². The molecule has 0 aliphatic carbocycles. The summed E-state index contributed by atoms with van der Waals surface area (Å²) < 4.78 is 10.9. The second-order valence-corrected chi connectivity index (χ2v) is 6.18. The van der Waals surface area contributed by atoms with E-state index in [1.165, 1.54) is 0 Å². The van der Waals surface area contributed by atoms with Crippen LogP contribution >= 0.6 is 11.6 Å². The van der Waals surface area contributed by atoms with Crippen LogP contribution in [-0.2, 0) is 9.53 Å². The molecule has 1 aromatic rings. The number of benzene rings is 1. The van der Waals surface area contributed by atoms with Crippen molar-refractivity contribution in [1.29, 1.82) is 0 Å².